The molecule has 1 heterocycles. The molecule has 1 aromatic carbocycles. The van der Waals surface area contributed by atoms with Crippen LogP contribution in [0.1, 0.15) is 22.8 Å². The van der Waals surface area contributed by atoms with Gasteiger partial charge >= 0.3 is 0 Å². The molecule has 0 fully saturated rings. The number of nitrogens with one attached hydrogen (secondary N) is 1. The molecule has 22 heavy (non-hydrogen) atoms. The maximum Gasteiger partial charge on any atom is 0.277 e. The predicted octanol–water partition coefficient (Wildman–Crippen LogP) is 3.35. The van der Waals surface area contributed by atoms with Gasteiger partial charge in [-0.3, -0.25) is 14.3 Å². The van der Waals surface area contributed by atoms with E-state index in [2.05, 4.69) is 5.10 Å². The van der Waals surface area contributed by atoms with Crippen LogP contribution in [0.25, 0.3) is 0 Å². The van der Waals surface area contributed by atoms with E-state index < -0.39 is 11.3 Å². The molecule has 0 spiro atoms. The summed E-state index contributed by atoms with van der Waals surface area (Å²) < 4.78 is 6.68. The fraction of sp³-hybridized carbons (Fsp3) is 0.286. The summed E-state index contributed by atoms with van der Waals surface area (Å²) in [6.45, 7) is 2.43. The quantitative estimate of drug-likeness (QED) is 0.632. The van der Waals surface area contributed by atoms with E-state index in [9.17, 15) is 9.59 Å². The van der Waals surface area contributed by atoms with Crippen LogP contribution in [0, 0.1) is 0 Å². The molecule has 0 aliphatic rings. The fourth-order valence-electron chi connectivity index (χ4n) is 1.93. The number of ether oxygens (including phenoxy) is 1. The van der Waals surface area contributed by atoms with Crippen LogP contribution in [0.3, 0.4) is 0 Å². The van der Waals surface area contributed by atoms with Gasteiger partial charge in [0.2, 0.25) is 5.78 Å². The number of aromatic nitrogens is 2. The molecule has 2 aromatic rings. The maximum atomic E-state index is 12.5. The summed E-state index contributed by atoms with van der Waals surface area (Å²) in [5.41, 5.74) is -0.244. The van der Waals surface area contributed by atoms with Gasteiger partial charge in [0.05, 0.1) is 15.9 Å². The van der Waals surface area contributed by atoms with Gasteiger partial charge in [0, 0.05) is 18.3 Å². The number of carbonyl (C=O) groups excluding carboxylic acids is 1. The summed E-state index contributed by atoms with van der Waals surface area (Å²) in [4.78, 5) is 24.6. The van der Waals surface area contributed by atoms with Crippen LogP contribution in [-0.4, -0.2) is 28.1 Å². The topological polar surface area (TPSA) is 64.1 Å². The van der Waals surface area contributed by atoms with Crippen molar-refractivity contribution in [3.05, 3.63) is 49.9 Å². The van der Waals surface area contributed by atoms with Gasteiger partial charge in [-0.05, 0) is 19.1 Å². The number of hydrogen-bond donors (Lipinski definition) is 1. The number of benzene rings is 1. The number of H-pyrrole nitrogens is 1. The number of nitrogens with zero attached hydrogens (tertiary/aromatic N) is 1. The second kappa shape index (κ2) is 7.22. The van der Waals surface area contributed by atoms with Crippen LogP contribution < -0.4 is 10.3 Å². The first-order valence-corrected chi connectivity index (χ1v) is 7.80. The Balaban J connectivity index is 2.46. The van der Waals surface area contributed by atoms with Crippen LogP contribution in [0.5, 0.6) is 5.75 Å². The van der Waals surface area contributed by atoms with Crippen LogP contribution >= 0.6 is 34.8 Å². The van der Waals surface area contributed by atoms with Gasteiger partial charge in [0.1, 0.15) is 12.2 Å². The molecule has 0 amide bonds. The zero-order chi connectivity index (χ0) is 16.3. The first-order valence-electron chi connectivity index (χ1n) is 6.50. The van der Waals surface area contributed by atoms with Crippen LogP contribution in [-0.2, 0) is 6.54 Å². The smallest absolute Gasteiger partial charge is 0.277 e. The summed E-state index contributed by atoms with van der Waals surface area (Å²) >= 11 is 17.8. The lowest BCUT2D eigenvalue weighted by Crippen LogP contribution is -2.21. The Hall–Kier alpha value is -1.43. The van der Waals surface area contributed by atoms with Crippen molar-refractivity contribution in [3.8, 4) is 5.75 Å². The number of hydrogen-bond acceptors (Lipinski definition) is 3. The molecule has 0 radical (unpaired) electrons. The second-order valence-corrected chi connectivity index (χ2v) is 5.50. The number of aromatic amines is 1. The lowest BCUT2D eigenvalue weighted by atomic mass is 10.1. The van der Waals surface area contributed by atoms with E-state index >= 15 is 0 Å². The highest BCUT2D eigenvalue weighted by atomic mass is 35.5. The van der Waals surface area contributed by atoms with E-state index in [1.807, 2.05) is 0 Å². The molecule has 0 saturated heterocycles. The predicted molar refractivity (Wildman–Crippen MR) is 86.8 cm³/mol. The van der Waals surface area contributed by atoms with E-state index in [1.165, 1.54) is 23.0 Å². The van der Waals surface area contributed by atoms with Gasteiger partial charge in [-0.1, -0.05) is 23.2 Å². The lowest BCUT2D eigenvalue weighted by molar-refractivity contribution is 0.103. The molecule has 118 valence electrons. The Morgan fingerprint density at radius 1 is 1.32 bits per heavy atom. The van der Waals surface area contributed by atoms with Crippen molar-refractivity contribution in [3.63, 3.8) is 0 Å². The number of halogens is 3. The first-order chi connectivity index (χ1) is 10.5. The maximum absolute atomic E-state index is 12.5. The Kier molecular flexibility index (Phi) is 5.56. The van der Waals surface area contributed by atoms with Gasteiger partial charge in [-0.15, -0.1) is 11.6 Å². The van der Waals surface area contributed by atoms with Crippen molar-refractivity contribution in [2.45, 2.75) is 13.5 Å². The zero-order valence-electron chi connectivity index (χ0n) is 11.7. The van der Waals surface area contributed by atoms with Crippen molar-refractivity contribution in [2.75, 3.05) is 12.5 Å². The fourth-order valence-corrected chi connectivity index (χ4v) is 2.57. The van der Waals surface area contributed by atoms with Gasteiger partial charge in [0.15, 0.2) is 5.75 Å². The number of rotatable bonds is 6. The summed E-state index contributed by atoms with van der Waals surface area (Å²) in [5.74, 6) is -0.0591. The normalized spacial score (nSPS) is 10.7. The van der Waals surface area contributed by atoms with E-state index in [0.717, 1.165) is 0 Å². The number of alkyl halides is 1. The summed E-state index contributed by atoms with van der Waals surface area (Å²) in [6.07, 6.45) is 1.36. The third-order valence-electron chi connectivity index (χ3n) is 3.02. The average Bonchev–Trinajstić information content (AvgIpc) is 2.87. The lowest BCUT2D eigenvalue weighted by Gasteiger charge is -2.11. The highest BCUT2D eigenvalue weighted by Crippen LogP contribution is 2.36. The van der Waals surface area contributed by atoms with Gasteiger partial charge in [-0.25, -0.2) is 0 Å². The molecule has 0 saturated carbocycles. The molecular formula is C14H13Cl3N2O3. The standard InChI is InChI=1S/C14H13Cl3N2O3/c1-2-19-14(21)9(7-18-19)12(20)8-3-4-10(16)13(11(8)17)22-6-5-15/h3-4,7,18H,2,5-6H2,1H3. The van der Waals surface area contributed by atoms with Crippen LogP contribution in [0.15, 0.2) is 23.1 Å². The van der Waals surface area contributed by atoms with E-state index in [0.29, 0.717) is 6.54 Å². The average molecular weight is 364 g/mol. The van der Waals surface area contributed by atoms with Gasteiger partial charge < -0.3 is 9.84 Å². The van der Waals surface area contributed by atoms with Crippen molar-refractivity contribution in [2.24, 2.45) is 0 Å². The summed E-state index contributed by atoms with van der Waals surface area (Å²) in [5, 5.41) is 3.05. The van der Waals surface area contributed by atoms with Crippen molar-refractivity contribution in [1.29, 1.82) is 0 Å². The van der Waals surface area contributed by atoms with E-state index in [4.69, 9.17) is 39.5 Å². The summed E-state index contributed by atoms with van der Waals surface area (Å²) in [6, 6.07) is 2.96. The molecule has 1 N–H and O–H groups in total. The number of aryl methyl sites for hydroxylation is 1. The Morgan fingerprint density at radius 2 is 2.05 bits per heavy atom. The third-order valence-corrected chi connectivity index (χ3v) is 3.85. The minimum Gasteiger partial charge on any atom is -0.489 e. The molecule has 8 heteroatoms. The molecule has 5 nitrogen and oxygen atoms in total. The Morgan fingerprint density at radius 3 is 2.64 bits per heavy atom. The van der Waals surface area contributed by atoms with Crippen LogP contribution in [0.2, 0.25) is 10.0 Å². The van der Waals surface area contributed by atoms with E-state index in [-0.39, 0.29) is 39.4 Å². The monoisotopic (exact) mass is 362 g/mol. The molecule has 1 aromatic heterocycles. The molecule has 0 unspecified atom stereocenters. The molecular weight excluding hydrogens is 351 g/mol. The minimum atomic E-state index is -0.495. The highest BCUT2D eigenvalue weighted by molar-refractivity contribution is 6.39. The van der Waals surface area contributed by atoms with Crippen molar-refractivity contribution < 1.29 is 9.53 Å². The number of carbonyl (C=O) groups is 1. The first kappa shape index (κ1) is 16.9. The third kappa shape index (κ3) is 3.16. The van der Waals surface area contributed by atoms with E-state index in [1.54, 1.807) is 6.92 Å². The molecule has 0 aliphatic heterocycles. The summed E-state index contributed by atoms with van der Waals surface area (Å²) in [7, 11) is 0. The largest absolute Gasteiger partial charge is 0.489 e. The van der Waals surface area contributed by atoms with Crippen molar-refractivity contribution in [1.82, 2.24) is 9.78 Å². The highest BCUT2D eigenvalue weighted by Gasteiger charge is 2.22. The molecule has 2 rings (SSSR count). The Bertz CT molecular complexity index is 752. The van der Waals surface area contributed by atoms with Crippen molar-refractivity contribution >= 4 is 40.6 Å². The molecule has 0 bridgehead atoms. The van der Waals surface area contributed by atoms with Gasteiger partial charge in [0.25, 0.3) is 5.56 Å². The molecule has 0 atom stereocenters. The minimum absolute atomic E-state index is 0.00867. The SMILES string of the molecule is CCn1[nH]cc(C(=O)c2ccc(Cl)c(OCCCl)c2Cl)c1=O. The number of ketones is 1. The molecule has 0 aliphatic carbocycles. The zero-order valence-corrected chi connectivity index (χ0v) is 13.9. The second-order valence-electron chi connectivity index (χ2n) is 4.34. The Labute approximate surface area is 141 Å². The van der Waals surface area contributed by atoms with Crippen LogP contribution in [0.4, 0.5) is 0 Å². The van der Waals surface area contributed by atoms with Gasteiger partial charge in [-0.2, -0.15) is 0 Å².